The third-order valence-corrected chi connectivity index (χ3v) is 2.07. The number of alkyl halides is 3. The summed E-state index contributed by atoms with van der Waals surface area (Å²) in [6, 6.07) is 3.38. The van der Waals surface area contributed by atoms with E-state index >= 15 is 0 Å². The van der Waals surface area contributed by atoms with Crippen molar-refractivity contribution in [3.05, 3.63) is 29.6 Å². The van der Waals surface area contributed by atoms with E-state index in [1.165, 1.54) is 6.20 Å². The molecule has 0 fully saturated rings. The fraction of sp³-hybridized carbons (Fsp3) is 0.500. The summed E-state index contributed by atoms with van der Waals surface area (Å²) in [6.07, 6.45) is -5.26. The van der Waals surface area contributed by atoms with Crippen LogP contribution in [0.4, 0.5) is 13.2 Å². The van der Waals surface area contributed by atoms with Gasteiger partial charge in [0.2, 0.25) is 0 Å². The lowest BCUT2D eigenvalue weighted by Gasteiger charge is -2.13. The van der Waals surface area contributed by atoms with Crippen LogP contribution in [-0.2, 0) is 0 Å². The van der Waals surface area contributed by atoms with Crippen molar-refractivity contribution in [1.82, 2.24) is 4.98 Å². The molecular weight excluding hydrogens is 207 g/mol. The second-order valence-electron chi connectivity index (χ2n) is 3.38. The van der Waals surface area contributed by atoms with Gasteiger partial charge in [-0.3, -0.25) is 4.98 Å². The second kappa shape index (κ2) is 4.61. The number of hydrogen-bond acceptors (Lipinski definition) is 2. The molecule has 0 radical (unpaired) electrons. The highest BCUT2D eigenvalue weighted by Gasteiger charge is 2.28. The molecule has 0 aliphatic rings. The Balaban J connectivity index is 2.62. The number of hydrogen-bond donors (Lipinski definition) is 1. The van der Waals surface area contributed by atoms with Gasteiger partial charge in [-0.25, -0.2) is 0 Å². The van der Waals surface area contributed by atoms with Gasteiger partial charge in [-0.1, -0.05) is 6.07 Å². The van der Waals surface area contributed by atoms with E-state index in [-0.39, 0.29) is 6.42 Å². The van der Waals surface area contributed by atoms with E-state index in [2.05, 4.69) is 4.98 Å². The maximum atomic E-state index is 11.9. The molecule has 0 amide bonds. The highest BCUT2D eigenvalue weighted by atomic mass is 19.4. The molecule has 0 spiro atoms. The number of rotatable bonds is 3. The van der Waals surface area contributed by atoms with Crippen molar-refractivity contribution in [3.8, 4) is 0 Å². The van der Waals surface area contributed by atoms with E-state index in [4.69, 9.17) is 0 Å². The lowest BCUT2D eigenvalue weighted by molar-refractivity contribution is -0.140. The molecule has 1 unspecified atom stereocenters. The van der Waals surface area contributed by atoms with Gasteiger partial charge in [0.15, 0.2) is 0 Å². The quantitative estimate of drug-likeness (QED) is 0.847. The minimum atomic E-state index is -4.23. The van der Waals surface area contributed by atoms with E-state index in [0.717, 1.165) is 0 Å². The Morgan fingerprint density at radius 2 is 2.13 bits per heavy atom. The summed E-state index contributed by atoms with van der Waals surface area (Å²) >= 11 is 0. The number of nitrogens with zero attached hydrogens (tertiary/aromatic N) is 1. The highest BCUT2D eigenvalue weighted by Crippen LogP contribution is 2.27. The SMILES string of the molecule is Cc1cccnc1C(O)CCC(F)(F)F. The van der Waals surface area contributed by atoms with Crippen molar-refractivity contribution in [2.24, 2.45) is 0 Å². The number of aliphatic hydroxyl groups is 1. The van der Waals surface area contributed by atoms with Crippen LogP contribution in [0.25, 0.3) is 0 Å². The van der Waals surface area contributed by atoms with Crippen molar-refractivity contribution in [1.29, 1.82) is 0 Å². The predicted molar refractivity (Wildman–Crippen MR) is 49.2 cm³/mol. The summed E-state index contributed by atoms with van der Waals surface area (Å²) in [5.41, 5.74) is 1.02. The summed E-state index contributed by atoms with van der Waals surface area (Å²) in [5.74, 6) is 0. The molecular formula is C10H12F3NO. The molecule has 15 heavy (non-hydrogen) atoms. The Kier molecular flexibility index (Phi) is 3.68. The average molecular weight is 219 g/mol. The first-order valence-corrected chi connectivity index (χ1v) is 4.56. The fourth-order valence-electron chi connectivity index (χ4n) is 1.28. The van der Waals surface area contributed by atoms with Gasteiger partial charge >= 0.3 is 6.18 Å². The van der Waals surface area contributed by atoms with E-state index in [0.29, 0.717) is 11.3 Å². The maximum Gasteiger partial charge on any atom is 0.389 e. The second-order valence-corrected chi connectivity index (χ2v) is 3.38. The molecule has 1 heterocycles. The minimum Gasteiger partial charge on any atom is -0.387 e. The standard InChI is InChI=1S/C10H12F3NO/c1-7-3-2-6-14-9(7)8(15)4-5-10(11,12)13/h2-3,6,8,15H,4-5H2,1H3. The van der Waals surface area contributed by atoms with Gasteiger partial charge in [0.1, 0.15) is 0 Å². The molecule has 1 aromatic rings. The van der Waals surface area contributed by atoms with E-state index in [1.54, 1.807) is 19.1 Å². The summed E-state index contributed by atoms with van der Waals surface area (Å²) in [4.78, 5) is 3.86. The number of aliphatic hydroxyl groups excluding tert-OH is 1. The van der Waals surface area contributed by atoms with Crippen molar-refractivity contribution >= 4 is 0 Å². The van der Waals surface area contributed by atoms with Crippen molar-refractivity contribution in [2.75, 3.05) is 0 Å². The Bertz CT molecular complexity index is 325. The van der Waals surface area contributed by atoms with Gasteiger partial charge in [-0.05, 0) is 25.0 Å². The lowest BCUT2D eigenvalue weighted by Crippen LogP contribution is -2.11. The maximum absolute atomic E-state index is 11.9. The van der Waals surface area contributed by atoms with Crippen LogP contribution < -0.4 is 0 Å². The topological polar surface area (TPSA) is 33.1 Å². The molecule has 0 saturated heterocycles. The molecule has 2 nitrogen and oxygen atoms in total. The number of pyridine rings is 1. The highest BCUT2D eigenvalue weighted by molar-refractivity contribution is 5.19. The third-order valence-electron chi connectivity index (χ3n) is 2.07. The van der Waals surface area contributed by atoms with Gasteiger partial charge in [-0.2, -0.15) is 13.2 Å². The third kappa shape index (κ3) is 3.87. The number of aryl methyl sites for hydroxylation is 1. The Morgan fingerprint density at radius 1 is 1.47 bits per heavy atom. The van der Waals surface area contributed by atoms with Crippen LogP contribution in [0, 0.1) is 6.92 Å². The molecule has 84 valence electrons. The molecule has 1 atom stereocenters. The zero-order chi connectivity index (χ0) is 11.5. The average Bonchev–Trinajstić information content (AvgIpc) is 2.14. The molecule has 1 aromatic heterocycles. The largest absolute Gasteiger partial charge is 0.389 e. The van der Waals surface area contributed by atoms with Gasteiger partial charge < -0.3 is 5.11 Å². The molecule has 0 aliphatic heterocycles. The molecule has 0 saturated carbocycles. The van der Waals surface area contributed by atoms with Gasteiger partial charge in [-0.15, -0.1) is 0 Å². The molecule has 0 bridgehead atoms. The molecule has 1 N–H and O–H groups in total. The smallest absolute Gasteiger partial charge is 0.387 e. The van der Waals surface area contributed by atoms with Crippen LogP contribution in [-0.4, -0.2) is 16.3 Å². The van der Waals surface area contributed by atoms with E-state index < -0.39 is 18.7 Å². The zero-order valence-electron chi connectivity index (χ0n) is 8.25. The Morgan fingerprint density at radius 3 is 2.67 bits per heavy atom. The van der Waals surface area contributed by atoms with E-state index in [9.17, 15) is 18.3 Å². The van der Waals surface area contributed by atoms with Crippen LogP contribution in [0.5, 0.6) is 0 Å². The van der Waals surface area contributed by atoms with E-state index in [1.807, 2.05) is 0 Å². The van der Waals surface area contributed by atoms with Gasteiger partial charge in [0.25, 0.3) is 0 Å². The summed E-state index contributed by atoms with van der Waals surface area (Å²) in [5, 5.41) is 9.50. The van der Waals surface area contributed by atoms with Crippen molar-refractivity contribution < 1.29 is 18.3 Å². The van der Waals surface area contributed by atoms with Crippen LogP contribution in [0.3, 0.4) is 0 Å². The van der Waals surface area contributed by atoms with Crippen LogP contribution >= 0.6 is 0 Å². The summed E-state index contributed by atoms with van der Waals surface area (Å²) in [6.45, 7) is 1.71. The Labute approximate surface area is 85.8 Å². The first-order chi connectivity index (χ1) is 6.90. The number of halogens is 3. The minimum absolute atomic E-state index is 0.321. The molecule has 0 aromatic carbocycles. The molecule has 1 rings (SSSR count). The fourth-order valence-corrected chi connectivity index (χ4v) is 1.28. The summed E-state index contributed by atoms with van der Waals surface area (Å²) < 4.78 is 35.7. The van der Waals surface area contributed by atoms with Crippen LogP contribution in [0.2, 0.25) is 0 Å². The lowest BCUT2D eigenvalue weighted by atomic mass is 10.1. The van der Waals surface area contributed by atoms with Gasteiger partial charge in [0, 0.05) is 12.6 Å². The summed E-state index contributed by atoms with van der Waals surface area (Å²) in [7, 11) is 0. The molecule has 0 aliphatic carbocycles. The zero-order valence-corrected chi connectivity index (χ0v) is 8.25. The first-order valence-electron chi connectivity index (χ1n) is 4.56. The predicted octanol–water partition coefficient (Wildman–Crippen LogP) is 2.77. The van der Waals surface area contributed by atoms with Crippen molar-refractivity contribution in [3.63, 3.8) is 0 Å². The van der Waals surface area contributed by atoms with Crippen LogP contribution in [0.1, 0.15) is 30.2 Å². The Hall–Kier alpha value is -1.10. The molecule has 5 heteroatoms. The van der Waals surface area contributed by atoms with Gasteiger partial charge in [0.05, 0.1) is 11.8 Å². The van der Waals surface area contributed by atoms with Crippen molar-refractivity contribution in [2.45, 2.75) is 32.0 Å². The normalized spacial score (nSPS) is 13.9. The van der Waals surface area contributed by atoms with Crippen LogP contribution in [0.15, 0.2) is 18.3 Å². The first kappa shape index (κ1) is 12.0. The monoisotopic (exact) mass is 219 g/mol. The number of aromatic nitrogens is 1.